The molecule has 0 saturated carbocycles. The molecule has 2 aromatic heterocycles. The minimum atomic E-state index is -4.74. The molecule has 0 aliphatic heterocycles. The first-order chi connectivity index (χ1) is 10.4. The number of ether oxygens (including phenoxy) is 1. The minimum Gasteiger partial charge on any atom is -0.459 e. The van der Waals surface area contributed by atoms with Crippen molar-refractivity contribution in [3.63, 3.8) is 0 Å². The quantitative estimate of drug-likeness (QED) is 0.801. The third-order valence-electron chi connectivity index (χ3n) is 2.43. The smallest absolute Gasteiger partial charge is 0.459 e. The molecule has 0 spiro atoms. The summed E-state index contributed by atoms with van der Waals surface area (Å²) in [6.45, 7) is 0.640. The largest absolute Gasteiger partial charge is 0.573 e. The van der Waals surface area contributed by atoms with Crippen LogP contribution in [0.5, 0.6) is 5.75 Å². The van der Waals surface area contributed by atoms with Crippen LogP contribution in [0, 0.1) is 0 Å². The Balaban J connectivity index is 1.72. The number of hydrogen-bond acceptors (Lipinski definition) is 5. The fraction of sp³-hybridized carbons (Fsp3) is 0.231. The van der Waals surface area contributed by atoms with Gasteiger partial charge in [-0.2, -0.15) is 0 Å². The van der Waals surface area contributed by atoms with Crippen molar-refractivity contribution in [1.82, 2.24) is 10.3 Å². The molecule has 0 fully saturated rings. The number of rotatable bonds is 6. The van der Waals surface area contributed by atoms with Crippen LogP contribution in [0.4, 0.5) is 19.0 Å². The number of nitrogens with one attached hydrogen (secondary N) is 2. The molecule has 22 heavy (non-hydrogen) atoms. The Morgan fingerprint density at radius 1 is 1.27 bits per heavy atom. The molecule has 0 saturated heterocycles. The summed E-state index contributed by atoms with van der Waals surface area (Å²) >= 11 is 0. The Hall–Kier alpha value is -2.71. The third kappa shape index (κ3) is 5.00. The highest BCUT2D eigenvalue weighted by molar-refractivity contribution is 5.91. The monoisotopic (exact) mass is 315 g/mol. The molecule has 0 atom stereocenters. The van der Waals surface area contributed by atoms with Crippen LogP contribution in [0.2, 0.25) is 0 Å². The average Bonchev–Trinajstić information content (AvgIpc) is 2.97. The van der Waals surface area contributed by atoms with Crippen LogP contribution < -0.4 is 15.4 Å². The van der Waals surface area contributed by atoms with E-state index in [2.05, 4.69) is 20.4 Å². The Kier molecular flexibility index (Phi) is 4.87. The number of amides is 1. The van der Waals surface area contributed by atoms with Crippen LogP contribution in [0.25, 0.3) is 0 Å². The number of pyridine rings is 1. The zero-order valence-electron chi connectivity index (χ0n) is 11.2. The van der Waals surface area contributed by atoms with E-state index < -0.39 is 12.1 Å². The molecule has 2 aromatic rings. The van der Waals surface area contributed by atoms with E-state index in [0.29, 0.717) is 18.9 Å². The van der Waals surface area contributed by atoms with Gasteiger partial charge in [0, 0.05) is 13.1 Å². The van der Waals surface area contributed by atoms with E-state index in [9.17, 15) is 18.0 Å². The molecule has 0 aliphatic carbocycles. The van der Waals surface area contributed by atoms with Crippen LogP contribution in [0.3, 0.4) is 0 Å². The SMILES string of the molecule is O=C(NCCNc1ccc(OC(F)(F)F)cn1)c1ccco1. The molecule has 0 unspecified atom stereocenters. The molecule has 6 nitrogen and oxygen atoms in total. The van der Waals surface area contributed by atoms with Crippen molar-refractivity contribution in [2.75, 3.05) is 18.4 Å². The van der Waals surface area contributed by atoms with Gasteiger partial charge in [-0.3, -0.25) is 4.79 Å². The van der Waals surface area contributed by atoms with E-state index in [1.807, 2.05) is 0 Å². The maximum Gasteiger partial charge on any atom is 0.573 e. The van der Waals surface area contributed by atoms with Gasteiger partial charge in [0.05, 0.1) is 12.5 Å². The highest BCUT2D eigenvalue weighted by Crippen LogP contribution is 2.22. The zero-order chi connectivity index (χ0) is 16.0. The maximum atomic E-state index is 12.0. The summed E-state index contributed by atoms with van der Waals surface area (Å²) in [6.07, 6.45) is -2.40. The Morgan fingerprint density at radius 2 is 2.09 bits per heavy atom. The molecule has 2 N–H and O–H groups in total. The lowest BCUT2D eigenvalue weighted by Crippen LogP contribution is -2.28. The van der Waals surface area contributed by atoms with Crippen LogP contribution in [0.15, 0.2) is 41.1 Å². The van der Waals surface area contributed by atoms with Crippen molar-refractivity contribution in [2.24, 2.45) is 0 Å². The Labute approximate surface area is 123 Å². The van der Waals surface area contributed by atoms with Gasteiger partial charge in [-0.1, -0.05) is 0 Å². The number of carbonyl (C=O) groups excluding carboxylic acids is 1. The summed E-state index contributed by atoms with van der Waals surface area (Å²) in [7, 11) is 0. The Morgan fingerprint density at radius 3 is 2.68 bits per heavy atom. The number of halogens is 3. The molecule has 0 aromatic carbocycles. The summed E-state index contributed by atoms with van der Waals surface area (Å²) < 4.78 is 44.5. The predicted molar refractivity (Wildman–Crippen MR) is 70.5 cm³/mol. The lowest BCUT2D eigenvalue weighted by atomic mass is 10.4. The van der Waals surface area contributed by atoms with Crippen molar-refractivity contribution in [1.29, 1.82) is 0 Å². The number of nitrogens with zero attached hydrogens (tertiary/aromatic N) is 1. The lowest BCUT2D eigenvalue weighted by Gasteiger charge is -2.09. The predicted octanol–water partition coefficient (Wildman–Crippen LogP) is 2.42. The number of furan rings is 1. The molecule has 0 radical (unpaired) electrons. The molecule has 2 heterocycles. The molecule has 2 rings (SSSR count). The highest BCUT2D eigenvalue weighted by atomic mass is 19.4. The minimum absolute atomic E-state index is 0.201. The highest BCUT2D eigenvalue weighted by Gasteiger charge is 2.31. The first kappa shape index (κ1) is 15.7. The number of aromatic nitrogens is 1. The van der Waals surface area contributed by atoms with E-state index in [4.69, 9.17) is 4.42 Å². The standard InChI is InChI=1S/C13H12F3N3O3/c14-13(15,16)22-9-3-4-11(19-8-9)17-5-6-18-12(20)10-2-1-7-21-10/h1-4,7-8H,5-6H2,(H,17,19)(H,18,20). The second-order valence-corrected chi connectivity index (χ2v) is 4.09. The van der Waals surface area contributed by atoms with Gasteiger partial charge in [-0.25, -0.2) is 4.98 Å². The molecule has 1 amide bonds. The van der Waals surface area contributed by atoms with E-state index in [1.165, 1.54) is 18.4 Å². The summed E-state index contributed by atoms with van der Waals surface area (Å²) in [6, 6.07) is 5.62. The third-order valence-corrected chi connectivity index (χ3v) is 2.43. The number of carbonyl (C=O) groups is 1. The lowest BCUT2D eigenvalue weighted by molar-refractivity contribution is -0.274. The van der Waals surface area contributed by atoms with Crippen molar-refractivity contribution < 1.29 is 27.1 Å². The van der Waals surface area contributed by atoms with Crippen molar-refractivity contribution in [2.45, 2.75) is 6.36 Å². The number of hydrogen-bond donors (Lipinski definition) is 2. The molecule has 118 valence electrons. The van der Waals surface area contributed by atoms with Crippen LogP contribution in [-0.4, -0.2) is 30.3 Å². The second kappa shape index (κ2) is 6.83. The summed E-state index contributed by atoms with van der Waals surface area (Å²) in [5.74, 6) is -0.189. The van der Waals surface area contributed by atoms with Crippen LogP contribution in [0.1, 0.15) is 10.6 Å². The molecule has 9 heteroatoms. The molecule has 0 aliphatic rings. The van der Waals surface area contributed by atoms with Crippen LogP contribution in [-0.2, 0) is 0 Å². The Bertz CT molecular complexity index is 597. The van der Waals surface area contributed by atoms with Gasteiger partial charge < -0.3 is 19.8 Å². The number of anilines is 1. The van der Waals surface area contributed by atoms with Gasteiger partial charge in [0.25, 0.3) is 5.91 Å². The summed E-state index contributed by atoms with van der Waals surface area (Å²) in [4.78, 5) is 15.3. The first-order valence-electron chi connectivity index (χ1n) is 6.21. The van der Waals surface area contributed by atoms with Gasteiger partial charge in [0.1, 0.15) is 11.6 Å². The molecule has 0 bridgehead atoms. The molecular weight excluding hydrogens is 303 g/mol. The summed E-state index contributed by atoms with van der Waals surface area (Å²) in [5, 5.41) is 5.44. The van der Waals surface area contributed by atoms with Crippen molar-refractivity contribution in [3.05, 3.63) is 42.5 Å². The van der Waals surface area contributed by atoms with Crippen molar-refractivity contribution >= 4 is 11.7 Å². The average molecular weight is 315 g/mol. The van der Waals surface area contributed by atoms with Gasteiger partial charge in [0.15, 0.2) is 5.76 Å². The first-order valence-corrected chi connectivity index (χ1v) is 6.21. The zero-order valence-corrected chi connectivity index (χ0v) is 11.2. The normalized spacial score (nSPS) is 11.0. The van der Waals surface area contributed by atoms with Crippen molar-refractivity contribution in [3.8, 4) is 5.75 Å². The van der Waals surface area contributed by atoms with Crippen LogP contribution >= 0.6 is 0 Å². The summed E-state index contributed by atoms with van der Waals surface area (Å²) in [5.41, 5.74) is 0. The van der Waals surface area contributed by atoms with E-state index in [1.54, 1.807) is 6.07 Å². The van der Waals surface area contributed by atoms with Gasteiger partial charge in [-0.05, 0) is 24.3 Å². The maximum absolute atomic E-state index is 12.0. The van der Waals surface area contributed by atoms with E-state index >= 15 is 0 Å². The van der Waals surface area contributed by atoms with E-state index in [0.717, 1.165) is 12.3 Å². The fourth-order valence-electron chi connectivity index (χ4n) is 1.54. The number of alkyl halides is 3. The van der Waals surface area contributed by atoms with Gasteiger partial charge in [-0.15, -0.1) is 13.2 Å². The second-order valence-electron chi connectivity index (χ2n) is 4.09. The molecular formula is C13H12F3N3O3. The topological polar surface area (TPSA) is 76.4 Å². The van der Waals surface area contributed by atoms with Gasteiger partial charge >= 0.3 is 6.36 Å². The van der Waals surface area contributed by atoms with Gasteiger partial charge in [0.2, 0.25) is 0 Å². The van der Waals surface area contributed by atoms with E-state index in [-0.39, 0.29) is 11.7 Å². The fourth-order valence-corrected chi connectivity index (χ4v) is 1.54.